The fourth-order valence-electron chi connectivity index (χ4n) is 2.86. The summed E-state index contributed by atoms with van der Waals surface area (Å²) < 4.78 is 10.8. The largest absolute Gasteiger partial charge is 0.378 e. The number of nitrogens with two attached hydrogens (primary N) is 1. The third-order valence-corrected chi connectivity index (χ3v) is 4.39. The van der Waals surface area contributed by atoms with Crippen molar-refractivity contribution in [3.63, 3.8) is 0 Å². The van der Waals surface area contributed by atoms with Crippen molar-refractivity contribution in [2.24, 2.45) is 5.73 Å². The van der Waals surface area contributed by atoms with E-state index in [0.717, 1.165) is 31.8 Å². The molecule has 10 nitrogen and oxygen atoms in total. The van der Waals surface area contributed by atoms with Crippen LogP contribution in [0.1, 0.15) is 44.9 Å². The molecule has 4 N–H and O–H groups in total. The molecule has 1 saturated heterocycles. The molecule has 10 heteroatoms. The van der Waals surface area contributed by atoms with Gasteiger partial charge >= 0.3 is 0 Å². The van der Waals surface area contributed by atoms with E-state index < -0.39 is 0 Å². The van der Waals surface area contributed by atoms with Crippen molar-refractivity contribution in [2.45, 2.75) is 39.0 Å². The van der Waals surface area contributed by atoms with Crippen LogP contribution in [-0.4, -0.2) is 84.9 Å². The molecule has 1 amide bonds. The molecule has 1 fully saturated rings. The first-order valence-electron chi connectivity index (χ1n) is 10.5. The van der Waals surface area contributed by atoms with Crippen LogP contribution < -0.4 is 16.4 Å². The van der Waals surface area contributed by atoms with E-state index in [9.17, 15) is 4.79 Å². The number of nitrogens with one attached hydrogen (secondary N) is 2. The molecule has 0 spiro atoms. The lowest BCUT2D eigenvalue weighted by molar-refractivity contribution is -0.127. The number of anilines is 2. The maximum absolute atomic E-state index is 11.7. The fourth-order valence-corrected chi connectivity index (χ4v) is 2.86. The van der Waals surface area contributed by atoms with Crippen LogP contribution in [0.5, 0.6) is 0 Å². The zero-order valence-electron chi connectivity index (χ0n) is 17.7. The number of carbonyl (C=O) groups is 1. The van der Waals surface area contributed by atoms with Crippen molar-refractivity contribution < 1.29 is 14.3 Å². The van der Waals surface area contributed by atoms with Gasteiger partial charge < -0.3 is 30.7 Å². The predicted molar refractivity (Wildman–Crippen MR) is 112 cm³/mol. The Morgan fingerprint density at radius 3 is 2.34 bits per heavy atom. The molecule has 1 aliphatic rings. The van der Waals surface area contributed by atoms with Gasteiger partial charge in [-0.25, -0.2) is 0 Å². The van der Waals surface area contributed by atoms with E-state index in [2.05, 4.69) is 25.6 Å². The summed E-state index contributed by atoms with van der Waals surface area (Å²) in [6, 6.07) is 0. The molecule has 2 rings (SSSR count). The second-order valence-electron chi connectivity index (χ2n) is 7.20. The van der Waals surface area contributed by atoms with E-state index in [1.807, 2.05) is 18.7 Å². The molecule has 29 heavy (non-hydrogen) atoms. The van der Waals surface area contributed by atoms with Gasteiger partial charge in [0.25, 0.3) is 0 Å². The van der Waals surface area contributed by atoms with Gasteiger partial charge in [-0.1, -0.05) is 13.8 Å². The van der Waals surface area contributed by atoms with Gasteiger partial charge in [-0.3, -0.25) is 4.79 Å². The van der Waals surface area contributed by atoms with Crippen LogP contribution in [0.3, 0.4) is 0 Å². The molecule has 0 unspecified atom stereocenters. The number of hydrogen-bond acceptors (Lipinski definition) is 9. The van der Waals surface area contributed by atoms with E-state index in [1.54, 1.807) is 0 Å². The summed E-state index contributed by atoms with van der Waals surface area (Å²) in [5, 5.41) is 6.43. The summed E-state index contributed by atoms with van der Waals surface area (Å²) in [5.41, 5.74) is 5.36. The molecule has 1 aromatic heterocycles. The van der Waals surface area contributed by atoms with Gasteiger partial charge in [0.1, 0.15) is 5.82 Å². The highest BCUT2D eigenvalue weighted by Gasteiger charge is 2.19. The number of likely N-dealkylation sites (tertiary alicyclic amines) is 1. The Hall–Kier alpha value is -2.04. The average molecular weight is 410 g/mol. The van der Waals surface area contributed by atoms with Gasteiger partial charge in [-0.2, -0.15) is 15.0 Å². The maximum Gasteiger partial charge on any atom is 0.227 e. The van der Waals surface area contributed by atoms with E-state index in [0.29, 0.717) is 64.4 Å². The highest BCUT2D eigenvalue weighted by atomic mass is 16.5. The number of nitrogens with zero attached hydrogens (tertiary/aromatic N) is 4. The fraction of sp³-hybridized carbons (Fsp3) is 0.789. The van der Waals surface area contributed by atoms with Crippen molar-refractivity contribution >= 4 is 17.8 Å². The van der Waals surface area contributed by atoms with Gasteiger partial charge in [-0.15, -0.1) is 0 Å². The van der Waals surface area contributed by atoms with Gasteiger partial charge in [-0.05, 0) is 12.8 Å². The second-order valence-corrected chi connectivity index (χ2v) is 7.20. The van der Waals surface area contributed by atoms with Gasteiger partial charge in [0, 0.05) is 45.1 Å². The second kappa shape index (κ2) is 13.2. The van der Waals surface area contributed by atoms with Crippen molar-refractivity contribution in [2.75, 3.05) is 69.8 Å². The van der Waals surface area contributed by atoms with E-state index in [-0.39, 0.29) is 11.8 Å². The highest BCUT2D eigenvalue weighted by molar-refractivity contribution is 5.77. The summed E-state index contributed by atoms with van der Waals surface area (Å²) in [6.07, 6.45) is 2.51. The summed E-state index contributed by atoms with van der Waals surface area (Å²) in [4.78, 5) is 27.0. The monoisotopic (exact) mass is 409 g/mol. The van der Waals surface area contributed by atoms with Crippen molar-refractivity contribution in [1.82, 2.24) is 19.9 Å². The lowest BCUT2D eigenvalue weighted by Crippen LogP contribution is -2.27. The van der Waals surface area contributed by atoms with Crippen LogP contribution in [0, 0.1) is 0 Å². The Morgan fingerprint density at radius 1 is 1.03 bits per heavy atom. The van der Waals surface area contributed by atoms with Gasteiger partial charge in [0.2, 0.25) is 17.8 Å². The standard InChI is InChI=1S/C19H35N7O3/c1-15(2)17-23-18(21-7-4-10-26-9-3-5-16(26)27)25-19(24-17)22-8-12-29-14-13-28-11-6-20/h15H,3-14,20H2,1-2H3,(H2,21,22,23,24,25). The number of ether oxygens (including phenoxy) is 2. The topological polar surface area (TPSA) is 128 Å². The Bertz CT molecular complexity index is 615. The zero-order chi connectivity index (χ0) is 20.9. The molecule has 0 aliphatic carbocycles. The molecule has 0 bridgehead atoms. The molecule has 1 aliphatic heterocycles. The minimum atomic E-state index is 0.192. The maximum atomic E-state index is 11.7. The van der Waals surface area contributed by atoms with Crippen molar-refractivity contribution in [1.29, 1.82) is 0 Å². The van der Waals surface area contributed by atoms with Gasteiger partial charge in [0.05, 0.1) is 26.4 Å². The molecule has 0 saturated carbocycles. The summed E-state index contributed by atoms with van der Waals surface area (Å²) in [6.45, 7) is 9.70. The summed E-state index contributed by atoms with van der Waals surface area (Å²) in [5.74, 6) is 2.26. The number of rotatable bonds is 15. The molecule has 164 valence electrons. The number of hydrogen-bond donors (Lipinski definition) is 3. The smallest absolute Gasteiger partial charge is 0.227 e. The molecular weight excluding hydrogens is 374 g/mol. The number of carbonyl (C=O) groups excluding carboxylic acids is 1. The Kier molecular flexibility index (Phi) is 10.6. The zero-order valence-corrected chi connectivity index (χ0v) is 17.7. The first-order valence-corrected chi connectivity index (χ1v) is 10.5. The Labute approximate surface area is 173 Å². The molecular formula is C19H35N7O3. The Morgan fingerprint density at radius 2 is 1.72 bits per heavy atom. The molecule has 0 atom stereocenters. The van der Waals surface area contributed by atoms with Gasteiger partial charge in [0.15, 0.2) is 0 Å². The van der Waals surface area contributed by atoms with E-state index in [4.69, 9.17) is 15.2 Å². The van der Waals surface area contributed by atoms with Crippen molar-refractivity contribution in [3.8, 4) is 0 Å². The lowest BCUT2D eigenvalue weighted by Gasteiger charge is -2.16. The third kappa shape index (κ3) is 8.88. The summed E-state index contributed by atoms with van der Waals surface area (Å²) in [7, 11) is 0. The van der Waals surface area contributed by atoms with Crippen LogP contribution in [0.15, 0.2) is 0 Å². The van der Waals surface area contributed by atoms with Crippen molar-refractivity contribution in [3.05, 3.63) is 5.82 Å². The minimum absolute atomic E-state index is 0.192. The lowest BCUT2D eigenvalue weighted by atomic mass is 10.2. The van der Waals surface area contributed by atoms with Crippen LogP contribution in [0.4, 0.5) is 11.9 Å². The van der Waals surface area contributed by atoms with Crippen LogP contribution >= 0.6 is 0 Å². The predicted octanol–water partition coefficient (Wildman–Crippen LogP) is 0.823. The molecule has 1 aromatic rings. The highest BCUT2D eigenvalue weighted by Crippen LogP contribution is 2.14. The van der Waals surface area contributed by atoms with E-state index >= 15 is 0 Å². The average Bonchev–Trinajstić information content (AvgIpc) is 3.12. The first kappa shape index (κ1) is 23.2. The van der Waals surface area contributed by atoms with Crippen LogP contribution in [-0.2, 0) is 14.3 Å². The quantitative estimate of drug-likeness (QED) is 0.361. The third-order valence-electron chi connectivity index (χ3n) is 4.39. The number of amides is 1. The SMILES string of the molecule is CC(C)c1nc(NCCCN2CCCC2=O)nc(NCCOCCOCCN)n1. The molecule has 2 heterocycles. The molecule has 0 radical (unpaired) electrons. The normalized spacial score (nSPS) is 14.1. The summed E-state index contributed by atoms with van der Waals surface area (Å²) >= 11 is 0. The molecule has 0 aromatic carbocycles. The minimum Gasteiger partial charge on any atom is -0.378 e. The first-order chi connectivity index (χ1) is 14.1. The Balaban J connectivity index is 1.73. The van der Waals surface area contributed by atoms with Crippen LogP contribution in [0.25, 0.3) is 0 Å². The number of aromatic nitrogens is 3. The van der Waals surface area contributed by atoms with Crippen LogP contribution in [0.2, 0.25) is 0 Å². The van der Waals surface area contributed by atoms with E-state index in [1.165, 1.54) is 0 Å².